The number of carboxylic acid groups (broad SMARTS) is 1. The van der Waals surface area contributed by atoms with Gasteiger partial charge in [-0.15, -0.1) is 0 Å². The summed E-state index contributed by atoms with van der Waals surface area (Å²) in [4.78, 5) is 15.2. The van der Waals surface area contributed by atoms with Crippen LogP contribution < -0.4 is 9.47 Å². The van der Waals surface area contributed by atoms with Gasteiger partial charge in [0.1, 0.15) is 17.0 Å². The summed E-state index contributed by atoms with van der Waals surface area (Å²) in [6.45, 7) is 1.64. The third kappa shape index (κ3) is 3.55. The van der Waals surface area contributed by atoms with Crippen LogP contribution >= 0.6 is 0 Å². The molecule has 0 radical (unpaired) electrons. The van der Waals surface area contributed by atoms with E-state index in [0.29, 0.717) is 17.4 Å². The van der Waals surface area contributed by atoms with Crippen molar-refractivity contribution in [3.8, 4) is 11.5 Å². The Morgan fingerprint density at radius 1 is 1.11 bits per heavy atom. The summed E-state index contributed by atoms with van der Waals surface area (Å²) >= 11 is 0. The number of hydrogen-bond donors (Lipinski definition) is 1. The van der Waals surface area contributed by atoms with E-state index in [1.807, 2.05) is 43.3 Å². The molecule has 0 amide bonds. The zero-order chi connectivity index (χ0) is 18.8. The van der Waals surface area contributed by atoms with E-state index in [0.717, 1.165) is 27.4 Å². The van der Waals surface area contributed by atoms with Crippen LogP contribution in [0.4, 0.5) is 0 Å². The lowest BCUT2D eigenvalue weighted by Gasteiger charge is -2.09. The van der Waals surface area contributed by atoms with Crippen LogP contribution in [0.15, 0.2) is 59.0 Å². The van der Waals surface area contributed by atoms with E-state index in [4.69, 9.17) is 19.0 Å². The van der Waals surface area contributed by atoms with Gasteiger partial charge in [-0.1, -0.05) is 30.3 Å². The third-order valence-electron chi connectivity index (χ3n) is 4.19. The first-order valence-electron chi connectivity index (χ1n) is 8.45. The maximum Gasteiger partial charge on any atom is 0.341 e. The zero-order valence-corrected chi connectivity index (χ0v) is 14.6. The van der Waals surface area contributed by atoms with Crippen molar-refractivity contribution in [3.05, 3.63) is 66.1 Å². The van der Waals surface area contributed by atoms with E-state index < -0.39 is 5.97 Å². The number of nitrogens with zero attached hydrogens (tertiary/aromatic N) is 1. The van der Waals surface area contributed by atoms with Gasteiger partial charge < -0.3 is 19.0 Å². The molecule has 6 nitrogen and oxygen atoms in total. The number of carboxylic acids is 1. The number of rotatable bonds is 6. The van der Waals surface area contributed by atoms with Crippen LogP contribution in [0.3, 0.4) is 0 Å². The van der Waals surface area contributed by atoms with E-state index in [1.54, 1.807) is 18.2 Å². The number of benzene rings is 3. The van der Waals surface area contributed by atoms with Gasteiger partial charge in [0.25, 0.3) is 0 Å². The second-order valence-corrected chi connectivity index (χ2v) is 6.14. The molecule has 0 aliphatic carbocycles. The van der Waals surface area contributed by atoms with Crippen LogP contribution in [0.5, 0.6) is 11.5 Å². The number of oxazole rings is 1. The molecule has 1 aromatic heterocycles. The predicted molar refractivity (Wildman–Crippen MR) is 100 cm³/mol. The monoisotopic (exact) mass is 363 g/mol. The van der Waals surface area contributed by atoms with Gasteiger partial charge in [0.15, 0.2) is 18.8 Å². The Kier molecular flexibility index (Phi) is 4.38. The summed E-state index contributed by atoms with van der Waals surface area (Å²) in [5.74, 6) is 0.615. The first-order chi connectivity index (χ1) is 13.1. The Balaban J connectivity index is 1.51. The Labute approximate surface area is 155 Å². The summed E-state index contributed by atoms with van der Waals surface area (Å²) < 4.78 is 16.8. The topological polar surface area (TPSA) is 81.8 Å². The van der Waals surface area contributed by atoms with Crippen molar-refractivity contribution in [1.82, 2.24) is 4.98 Å². The van der Waals surface area contributed by atoms with Crippen LogP contribution in [0.1, 0.15) is 11.5 Å². The van der Waals surface area contributed by atoms with Crippen molar-refractivity contribution in [2.24, 2.45) is 0 Å². The molecule has 6 heteroatoms. The smallest absolute Gasteiger partial charge is 0.341 e. The van der Waals surface area contributed by atoms with Gasteiger partial charge in [-0.3, -0.25) is 0 Å². The molecule has 0 unspecified atom stereocenters. The van der Waals surface area contributed by atoms with Crippen molar-refractivity contribution in [2.75, 3.05) is 6.61 Å². The highest BCUT2D eigenvalue weighted by molar-refractivity contribution is 6.03. The maximum absolute atomic E-state index is 10.6. The number of hydrogen-bond acceptors (Lipinski definition) is 5. The van der Waals surface area contributed by atoms with Gasteiger partial charge in [-0.25, -0.2) is 9.78 Å². The molecule has 27 heavy (non-hydrogen) atoms. The minimum Gasteiger partial charge on any atom is -0.484 e. The standard InChI is InChI=1S/C21H17NO5/c1-13-10-15(7-9-17(13)26-12-20(23)24)25-11-19-22-21-16-5-3-2-4-14(16)6-8-18(21)27-19/h2-10H,11-12H2,1H3,(H,23,24). The van der Waals surface area contributed by atoms with Gasteiger partial charge in [-0.2, -0.15) is 0 Å². The fourth-order valence-electron chi connectivity index (χ4n) is 2.93. The molecule has 3 aromatic carbocycles. The predicted octanol–water partition coefficient (Wildman–Crippen LogP) is 4.33. The van der Waals surface area contributed by atoms with Crippen LogP contribution in [0.25, 0.3) is 21.9 Å². The average Bonchev–Trinajstić information content (AvgIpc) is 3.09. The van der Waals surface area contributed by atoms with E-state index in [1.165, 1.54) is 0 Å². The summed E-state index contributed by atoms with van der Waals surface area (Å²) in [5, 5.41) is 10.8. The normalized spacial score (nSPS) is 11.0. The Morgan fingerprint density at radius 3 is 2.78 bits per heavy atom. The number of aryl methyl sites for hydroxylation is 1. The highest BCUT2D eigenvalue weighted by Crippen LogP contribution is 2.27. The quantitative estimate of drug-likeness (QED) is 0.549. The van der Waals surface area contributed by atoms with E-state index in [2.05, 4.69) is 4.98 Å². The molecule has 1 heterocycles. The van der Waals surface area contributed by atoms with Crippen molar-refractivity contribution in [3.63, 3.8) is 0 Å². The van der Waals surface area contributed by atoms with Crippen molar-refractivity contribution in [1.29, 1.82) is 0 Å². The zero-order valence-electron chi connectivity index (χ0n) is 14.6. The van der Waals surface area contributed by atoms with Gasteiger partial charge >= 0.3 is 5.97 Å². The molecule has 0 atom stereocenters. The van der Waals surface area contributed by atoms with Crippen molar-refractivity contribution < 1.29 is 23.8 Å². The SMILES string of the molecule is Cc1cc(OCc2nc3c(ccc4ccccc43)o2)ccc1OCC(=O)O. The summed E-state index contributed by atoms with van der Waals surface area (Å²) in [6.07, 6.45) is 0. The lowest BCUT2D eigenvalue weighted by atomic mass is 10.1. The average molecular weight is 363 g/mol. The second kappa shape index (κ2) is 6.99. The lowest BCUT2D eigenvalue weighted by molar-refractivity contribution is -0.139. The van der Waals surface area contributed by atoms with Gasteiger partial charge in [0.05, 0.1) is 0 Å². The van der Waals surface area contributed by atoms with Crippen molar-refractivity contribution >= 4 is 27.8 Å². The largest absolute Gasteiger partial charge is 0.484 e. The summed E-state index contributed by atoms with van der Waals surface area (Å²) in [5.41, 5.74) is 2.33. The molecule has 0 saturated carbocycles. The van der Waals surface area contributed by atoms with Gasteiger partial charge in [0.2, 0.25) is 5.89 Å². The maximum atomic E-state index is 10.6. The Bertz CT molecular complexity index is 1130. The molecular weight excluding hydrogens is 346 g/mol. The number of carbonyl (C=O) groups is 1. The summed E-state index contributed by atoms with van der Waals surface area (Å²) in [7, 11) is 0. The number of aliphatic carboxylic acids is 1. The molecule has 0 spiro atoms. The highest BCUT2D eigenvalue weighted by atomic mass is 16.5. The minimum absolute atomic E-state index is 0.192. The van der Waals surface area contributed by atoms with Gasteiger partial charge in [-0.05, 0) is 42.1 Å². The highest BCUT2D eigenvalue weighted by Gasteiger charge is 2.10. The summed E-state index contributed by atoms with van der Waals surface area (Å²) in [6, 6.07) is 17.1. The Hall–Kier alpha value is -3.54. The number of fused-ring (bicyclic) bond motifs is 3. The Morgan fingerprint density at radius 2 is 1.96 bits per heavy atom. The van der Waals surface area contributed by atoms with E-state index >= 15 is 0 Å². The van der Waals surface area contributed by atoms with E-state index in [-0.39, 0.29) is 13.2 Å². The van der Waals surface area contributed by atoms with Gasteiger partial charge in [0, 0.05) is 5.39 Å². The van der Waals surface area contributed by atoms with Crippen LogP contribution in [0, 0.1) is 6.92 Å². The first kappa shape index (κ1) is 16.9. The number of ether oxygens (including phenoxy) is 2. The molecule has 0 aliphatic heterocycles. The molecule has 1 N–H and O–H groups in total. The molecule has 136 valence electrons. The molecular formula is C21H17NO5. The fraction of sp³-hybridized carbons (Fsp3) is 0.143. The molecule has 4 rings (SSSR count). The molecule has 0 saturated heterocycles. The van der Waals surface area contributed by atoms with Crippen LogP contribution in [-0.2, 0) is 11.4 Å². The minimum atomic E-state index is -1.02. The third-order valence-corrected chi connectivity index (χ3v) is 4.19. The van der Waals surface area contributed by atoms with Crippen LogP contribution in [-0.4, -0.2) is 22.7 Å². The van der Waals surface area contributed by atoms with E-state index in [9.17, 15) is 4.79 Å². The molecule has 0 fully saturated rings. The lowest BCUT2D eigenvalue weighted by Crippen LogP contribution is -2.10. The van der Waals surface area contributed by atoms with Crippen molar-refractivity contribution in [2.45, 2.75) is 13.5 Å². The molecule has 0 bridgehead atoms. The first-order valence-corrected chi connectivity index (χ1v) is 8.45. The second-order valence-electron chi connectivity index (χ2n) is 6.14. The number of aromatic nitrogens is 1. The molecule has 4 aromatic rings. The molecule has 0 aliphatic rings. The fourth-order valence-corrected chi connectivity index (χ4v) is 2.93. The van der Waals surface area contributed by atoms with Crippen LogP contribution in [0.2, 0.25) is 0 Å².